The van der Waals surface area contributed by atoms with Gasteiger partial charge in [-0.2, -0.15) is 13.2 Å². The number of aliphatic carboxylic acids is 1. The number of rotatable bonds is 3. The Morgan fingerprint density at radius 2 is 1.90 bits per heavy atom. The molecule has 0 atom stereocenters. The molecule has 1 saturated carbocycles. The molecule has 2 aromatic heterocycles. The fourth-order valence-electron chi connectivity index (χ4n) is 3.08. The largest absolute Gasteiger partial charge is 0.490 e. The van der Waals surface area contributed by atoms with E-state index in [0.29, 0.717) is 19.1 Å². The molecule has 0 bridgehead atoms. The van der Waals surface area contributed by atoms with Gasteiger partial charge in [0.15, 0.2) is 0 Å². The maximum atomic E-state index is 12.4. The normalized spacial score (nSPS) is 16.4. The highest BCUT2D eigenvalue weighted by atomic mass is 19.4. The number of fused-ring (bicyclic) bond motifs is 1. The van der Waals surface area contributed by atoms with Crippen LogP contribution in [0.3, 0.4) is 0 Å². The summed E-state index contributed by atoms with van der Waals surface area (Å²) in [5.74, 6) is -1.65. The van der Waals surface area contributed by atoms with Gasteiger partial charge in [0, 0.05) is 37.2 Å². The molecule has 12 heteroatoms. The van der Waals surface area contributed by atoms with Crippen molar-refractivity contribution in [1.29, 1.82) is 0 Å². The molecule has 2 aromatic rings. The Morgan fingerprint density at radius 3 is 2.47 bits per heavy atom. The number of carboxylic acids is 1. The number of hydrogen-bond donors (Lipinski definition) is 2. The number of aromatic nitrogens is 3. The molecule has 0 saturated heterocycles. The van der Waals surface area contributed by atoms with Crippen LogP contribution < -0.4 is 5.32 Å². The van der Waals surface area contributed by atoms with Gasteiger partial charge in [0.05, 0.1) is 11.9 Å². The highest BCUT2D eigenvalue weighted by molar-refractivity contribution is 5.91. The summed E-state index contributed by atoms with van der Waals surface area (Å²) in [5.41, 5.74) is 2.18. The van der Waals surface area contributed by atoms with Gasteiger partial charge < -0.3 is 19.8 Å². The lowest BCUT2D eigenvalue weighted by Gasteiger charge is -2.28. The number of nitrogens with zero attached hydrogens (tertiary/aromatic N) is 4. The Labute approximate surface area is 169 Å². The van der Waals surface area contributed by atoms with Gasteiger partial charge in [-0.1, -0.05) is 5.16 Å². The van der Waals surface area contributed by atoms with Gasteiger partial charge in [-0.3, -0.25) is 4.79 Å². The molecule has 0 radical (unpaired) electrons. The second-order valence-electron chi connectivity index (χ2n) is 6.89. The third-order valence-corrected chi connectivity index (χ3v) is 4.91. The van der Waals surface area contributed by atoms with E-state index in [1.54, 1.807) is 17.3 Å². The first kappa shape index (κ1) is 21.5. The first-order valence-corrected chi connectivity index (χ1v) is 9.35. The van der Waals surface area contributed by atoms with Gasteiger partial charge in [0.2, 0.25) is 5.76 Å². The first-order chi connectivity index (χ1) is 14.3. The number of halogens is 3. The second-order valence-corrected chi connectivity index (χ2v) is 6.89. The van der Waals surface area contributed by atoms with E-state index in [0.717, 1.165) is 29.9 Å². The summed E-state index contributed by atoms with van der Waals surface area (Å²) < 4.78 is 36.7. The minimum Gasteiger partial charge on any atom is -0.475 e. The topological polar surface area (TPSA) is 121 Å². The molecule has 2 aliphatic rings. The smallest absolute Gasteiger partial charge is 0.475 e. The predicted octanol–water partition coefficient (Wildman–Crippen LogP) is 2.30. The average molecular weight is 427 g/mol. The maximum Gasteiger partial charge on any atom is 0.490 e. The van der Waals surface area contributed by atoms with E-state index in [2.05, 4.69) is 20.4 Å². The molecule has 4 rings (SSSR count). The number of amides is 1. The number of nitrogens with one attached hydrogen (secondary N) is 1. The van der Waals surface area contributed by atoms with Crippen molar-refractivity contribution in [2.45, 2.75) is 44.3 Å². The molecular formula is C18H20F3N5O4. The average Bonchev–Trinajstić information content (AvgIpc) is 3.11. The Morgan fingerprint density at radius 1 is 1.20 bits per heavy atom. The van der Waals surface area contributed by atoms with Crippen molar-refractivity contribution in [2.24, 2.45) is 0 Å². The summed E-state index contributed by atoms with van der Waals surface area (Å²) in [6.07, 6.45) is 3.20. The Hall–Kier alpha value is -3.18. The van der Waals surface area contributed by atoms with Crippen molar-refractivity contribution >= 4 is 17.7 Å². The zero-order chi connectivity index (χ0) is 21.7. The first-order valence-electron chi connectivity index (χ1n) is 9.35. The SMILES string of the molecule is O=C(O)C(F)(F)F.O=C(c1ccno1)N1CCc2ncnc(NC3CCC3)c2CC1. The summed E-state index contributed by atoms with van der Waals surface area (Å²) in [5, 5.41) is 14.3. The van der Waals surface area contributed by atoms with Crippen molar-refractivity contribution in [2.75, 3.05) is 18.4 Å². The van der Waals surface area contributed by atoms with Crippen molar-refractivity contribution in [3.05, 3.63) is 35.6 Å². The monoisotopic (exact) mass is 427 g/mol. The van der Waals surface area contributed by atoms with Crippen LogP contribution in [-0.2, 0) is 17.6 Å². The summed E-state index contributed by atoms with van der Waals surface area (Å²) in [7, 11) is 0. The number of alkyl halides is 3. The van der Waals surface area contributed by atoms with Gasteiger partial charge in [0.1, 0.15) is 12.1 Å². The van der Waals surface area contributed by atoms with E-state index >= 15 is 0 Å². The molecule has 1 aliphatic carbocycles. The molecule has 0 unspecified atom stereocenters. The minimum atomic E-state index is -5.08. The van der Waals surface area contributed by atoms with E-state index in [1.807, 2.05) is 0 Å². The summed E-state index contributed by atoms with van der Waals surface area (Å²) in [6.45, 7) is 1.27. The van der Waals surface area contributed by atoms with Crippen LogP contribution in [0.2, 0.25) is 0 Å². The van der Waals surface area contributed by atoms with Crippen molar-refractivity contribution < 1.29 is 32.4 Å². The zero-order valence-electron chi connectivity index (χ0n) is 15.9. The van der Waals surface area contributed by atoms with Gasteiger partial charge in [-0.15, -0.1) is 0 Å². The highest BCUT2D eigenvalue weighted by Gasteiger charge is 2.38. The van der Waals surface area contributed by atoms with Crippen LogP contribution >= 0.6 is 0 Å². The van der Waals surface area contributed by atoms with Crippen LogP contribution in [0.4, 0.5) is 19.0 Å². The van der Waals surface area contributed by atoms with Crippen LogP contribution in [0.25, 0.3) is 0 Å². The van der Waals surface area contributed by atoms with Crippen LogP contribution in [-0.4, -0.2) is 62.3 Å². The predicted molar refractivity (Wildman–Crippen MR) is 96.8 cm³/mol. The lowest BCUT2D eigenvalue weighted by atomic mass is 9.93. The van der Waals surface area contributed by atoms with Crippen molar-refractivity contribution in [3.63, 3.8) is 0 Å². The van der Waals surface area contributed by atoms with Crippen LogP contribution in [0.5, 0.6) is 0 Å². The van der Waals surface area contributed by atoms with E-state index in [9.17, 15) is 18.0 Å². The molecule has 0 spiro atoms. The lowest BCUT2D eigenvalue weighted by molar-refractivity contribution is -0.192. The van der Waals surface area contributed by atoms with Gasteiger partial charge in [-0.05, 0) is 25.7 Å². The van der Waals surface area contributed by atoms with E-state index in [-0.39, 0.29) is 11.7 Å². The third-order valence-electron chi connectivity index (χ3n) is 4.91. The fourth-order valence-corrected chi connectivity index (χ4v) is 3.08. The van der Waals surface area contributed by atoms with Gasteiger partial charge in [0.25, 0.3) is 5.91 Å². The summed E-state index contributed by atoms with van der Waals surface area (Å²) >= 11 is 0. The number of anilines is 1. The fraction of sp³-hybridized carbons (Fsp3) is 0.500. The number of carboxylic acid groups (broad SMARTS) is 1. The Balaban J connectivity index is 0.000000318. The zero-order valence-corrected chi connectivity index (χ0v) is 15.9. The number of carbonyl (C=O) groups excluding carboxylic acids is 1. The molecule has 0 aromatic carbocycles. The highest BCUT2D eigenvalue weighted by Crippen LogP contribution is 2.26. The molecule has 3 heterocycles. The maximum absolute atomic E-state index is 12.4. The van der Waals surface area contributed by atoms with Crippen molar-refractivity contribution in [3.8, 4) is 0 Å². The van der Waals surface area contributed by atoms with Crippen LogP contribution in [0, 0.1) is 0 Å². The third kappa shape index (κ3) is 5.24. The number of hydrogen-bond acceptors (Lipinski definition) is 7. The molecular weight excluding hydrogens is 407 g/mol. The lowest BCUT2D eigenvalue weighted by Crippen LogP contribution is -2.33. The molecule has 2 N–H and O–H groups in total. The molecule has 9 nitrogen and oxygen atoms in total. The second kappa shape index (κ2) is 9.09. The van der Waals surface area contributed by atoms with Gasteiger partial charge in [-0.25, -0.2) is 14.8 Å². The van der Waals surface area contributed by atoms with Crippen LogP contribution in [0.15, 0.2) is 23.1 Å². The Bertz CT molecular complexity index is 884. The number of carbonyl (C=O) groups is 2. The Kier molecular flexibility index (Phi) is 6.53. The quantitative estimate of drug-likeness (QED) is 0.765. The molecule has 1 aliphatic heterocycles. The van der Waals surface area contributed by atoms with E-state index in [1.165, 1.54) is 25.5 Å². The molecule has 1 fully saturated rings. The van der Waals surface area contributed by atoms with Gasteiger partial charge >= 0.3 is 12.1 Å². The standard InChI is InChI=1S/C16H19N5O2.C2HF3O2/c22-16(14-4-7-19-23-14)21-8-5-12-13(6-9-21)17-10-18-15(12)20-11-2-1-3-11;3-2(4,5)1(6)7/h4,7,10-11H,1-3,5-6,8-9H2,(H,17,18,20);(H,6,7). The summed E-state index contributed by atoms with van der Waals surface area (Å²) in [6, 6.07) is 2.13. The minimum absolute atomic E-state index is 0.114. The van der Waals surface area contributed by atoms with Crippen molar-refractivity contribution in [1.82, 2.24) is 20.0 Å². The molecule has 1 amide bonds. The van der Waals surface area contributed by atoms with Crippen LogP contribution in [0.1, 0.15) is 41.1 Å². The molecule has 30 heavy (non-hydrogen) atoms. The molecule has 162 valence electrons. The van der Waals surface area contributed by atoms with E-state index < -0.39 is 12.1 Å². The summed E-state index contributed by atoms with van der Waals surface area (Å²) in [4.78, 5) is 32.0. The van der Waals surface area contributed by atoms with E-state index in [4.69, 9.17) is 14.4 Å².